The van der Waals surface area contributed by atoms with Crippen LogP contribution in [0.25, 0.3) is 0 Å². The fraction of sp³-hybridized carbons (Fsp3) is 0.636. The normalized spacial score (nSPS) is 16.9. The minimum Gasteiger partial charge on any atom is -0.375 e. The maximum Gasteiger partial charge on any atom is 0.223 e. The van der Waals surface area contributed by atoms with Crippen LogP contribution in [0.1, 0.15) is 18.5 Å². The maximum atomic E-state index is 11.8. The van der Waals surface area contributed by atoms with E-state index >= 15 is 0 Å². The highest BCUT2D eigenvalue weighted by Gasteiger charge is 2.20. The summed E-state index contributed by atoms with van der Waals surface area (Å²) < 4.78 is 0. The van der Waals surface area contributed by atoms with Crippen molar-refractivity contribution in [3.05, 3.63) is 11.1 Å². The molecule has 0 bridgehead atoms. The summed E-state index contributed by atoms with van der Waals surface area (Å²) in [5.41, 5.74) is 6.50. The first-order valence-electron chi connectivity index (χ1n) is 5.94. The van der Waals surface area contributed by atoms with Crippen LogP contribution in [0.15, 0.2) is 5.38 Å². The van der Waals surface area contributed by atoms with Gasteiger partial charge < -0.3 is 16.4 Å². The van der Waals surface area contributed by atoms with Gasteiger partial charge in [0.1, 0.15) is 0 Å². The van der Waals surface area contributed by atoms with Crippen LogP contribution < -0.4 is 16.4 Å². The van der Waals surface area contributed by atoms with Crippen LogP contribution in [0, 0.1) is 5.92 Å². The summed E-state index contributed by atoms with van der Waals surface area (Å²) in [4.78, 5) is 16.0. The lowest BCUT2D eigenvalue weighted by Gasteiger charge is -2.21. The van der Waals surface area contributed by atoms with Crippen molar-refractivity contribution in [1.82, 2.24) is 15.6 Å². The second kappa shape index (κ2) is 5.97. The van der Waals surface area contributed by atoms with E-state index in [2.05, 4.69) is 15.6 Å². The number of hydrogen-bond acceptors (Lipinski definition) is 5. The van der Waals surface area contributed by atoms with Crippen LogP contribution in [-0.4, -0.2) is 30.5 Å². The van der Waals surface area contributed by atoms with E-state index in [4.69, 9.17) is 5.73 Å². The zero-order valence-electron chi connectivity index (χ0n) is 9.74. The molecule has 6 heteroatoms. The number of carbonyl (C=O) groups excluding carboxylic acids is 1. The molecule has 0 radical (unpaired) electrons. The monoisotopic (exact) mass is 254 g/mol. The van der Waals surface area contributed by atoms with Gasteiger partial charge in [0.05, 0.1) is 5.69 Å². The van der Waals surface area contributed by atoms with Crippen LogP contribution in [0.5, 0.6) is 0 Å². The number of nitrogen functional groups attached to an aromatic ring is 1. The number of nitrogens with two attached hydrogens (primary N) is 1. The highest BCUT2D eigenvalue weighted by Crippen LogP contribution is 2.12. The first kappa shape index (κ1) is 12.3. The first-order chi connectivity index (χ1) is 8.25. The molecule has 17 heavy (non-hydrogen) atoms. The van der Waals surface area contributed by atoms with Crippen molar-refractivity contribution < 1.29 is 4.79 Å². The summed E-state index contributed by atoms with van der Waals surface area (Å²) in [6.45, 7) is 2.54. The first-order valence-corrected chi connectivity index (χ1v) is 6.82. The number of nitrogens with zero attached hydrogens (tertiary/aromatic N) is 1. The molecule has 2 heterocycles. The van der Waals surface area contributed by atoms with Crippen molar-refractivity contribution in [2.75, 3.05) is 25.4 Å². The van der Waals surface area contributed by atoms with Crippen LogP contribution in [-0.2, 0) is 11.2 Å². The molecule has 0 aliphatic carbocycles. The molecule has 1 amide bonds. The Morgan fingerprint density at radius 3 is 3.00 bits per heavy atom. The van der Waals surface area contributed by atoms with Gasteiger partial charge in [0.25, 0.3) is 0 Å². The number of hydrogen-bond donors (Lipinski definition) is 3. The highest BCUT2D eigenvalue weighted by molar-refractivity contribution is 7.13. The number of nitrogens with one attached hydrogen (secondary N) is 2. The van der Waals surface area contributed by atoms with E-state index in [0.717, 1.165) is 38.0 Å². The Labute approximate surface area is 105 Å². The fourth-order valence-electron chi connectivity index (χ4n) is 1.98. The molecule has 4 N–H and O–H groups in total. The molecule has 1 saturated heterocycles. The predicted octanol–water partition coefficient (Wildman–Crippen LogP) is 0.384. The molecule has 0 unspecified atom stereocenters. The van der Waals surface area contributed by atoms with E-state index in [1.807, 2.05) is 5.38 Å². The summed E-state index contributed by atoms with van der Waals surface area (Å²) in [5.74, 6) is 0.353. The third kappa shape index (κ3) is 3.67. The van der Waals surface area contributed by atoms with Gasteiger partial charge in [0.2, 0.25) is 5.91 Å². The Hall–Kier alpha value is -1.14. The van der Waals surface area contributed by atoms with E-state index in [9.17, 15) is 4.79 Å². The van der Waals surface area contributed by atoms with E-state index in [0.29, 0.717) is 11.7 Å². The topological polar surface area (TPSA) is 80.0 Å². The Balaban J connectivity index is 1.69. The number of piperidine rings is 1. The van der Waals surface area contributed by atoms with E-state index in [-0.39, 0.29) is 11.8 Å². The molecule has 94 valence electrons. The molecule has 0 aromatic carbocycles. The zero-order chi connectivity index (χ0) is 12.1. The summed E-state index contributed by atoms with van der Waals surface area (Å²) >= 11 is 1.44. The van der Waals surface area contributed by atoms with Gasteiger partial charge in [-0.2, -0.15) is 0 Å². The van der Waals surface area contributed by atoms with Gasteiger partial charge in [-0.3, -0.25) is 4.79 Å². The van der Waals surface area contributed by atoms with E-state index in [1.165, 1.54) is 11.3 Å². The Morgan fingerprint density at radius 2 is 2.35 bits per heavy atom. The van der Waals surface area contributed by atoms with Gasteiger partial charge in [0, 0.05) is 24.3 Å². The molecule has 2 rings (SSSR count). The van der Waals surface area contributed by atoms with Crippen molar-refractivity contribution in [2.45, 2.75) is 19.3 Å². The standard InChI is InChI=1S/C11H18N4OS/c12-11-15-9(7-17-11)3-6-14-10(16)8-1-4-13-5-2-8/h7-8,13H,1-6H2,(H2,12,15)(H,14,16). The van der Waals surface area contributed by atoms with Gasteiger partial charge >= 0.3 is 0 Å². The molecule has 1 aromatic rings. The molecule has 1 aliphatic heterocycles. The molecule has 1 aliphatic rings. The molecule has 0 saturated carbocycles. The number of amides is 1. The second-order valence-electron chi connectivity index (χ2n) is 4.24. The summed E-state index contributed by atoms with van der Waals surface area (Å²) in [6.07, 6.45) is 2.63. The Bertz CT molecular complexity index is 373. The zero-order valence-corrected chi connectivity index (χ0v) is 10.6. The van der Waals surface area contributed by atoms with Gasteiger partial charge in [-0.1, -0.05) is 0 Å². The lowest BCUT2D eigenvalue weighted by atomic mass is 9.97. The van der Waals surface area contributed by atoms with Crippen LogP contribution in [0.3, 0.4) is 0 Å². The molecule has 5 nitrogen and oxygen atoms in total. The highest BCUT2D eigenvalue weighted by atomic mass is 32.1. The van der Waals surface area contributed by atoms with Crippen LogP contribution >= 0.6 is 11.3 Å². The van der Waals surface area contributed by atoms with E-state index in [1.54, 1.807) is 0 Å². The smallest absolute Gasteiger partial charge is 0.223 e. The van der Waals surface area contributed by atoms with E-state index < -0.39 is 0 Å². The maximum absolute atomic E-state index is 11.8. The average Bonchev–Trinajstić information content (AvgIpc) is 2.76. The third-order valence-corrected chi connectivity index (χ3v) is 3.68. The summed E-state index contributed by atoms with van der Waals surface area (Å²) in [7, 11) is 0. The lowest BCUT2D eigenvalue weighted by molar-refractivity contribution is -0.125. The molecule has 0 atom stereocenters. The number of carbonyl (C=O) groups is 1. The van der Waals surface area contributed by atoms with Crippen molar-refractivity contribution in [2.24, 2.45) is 5.92 Å². The second-order valence-corrected chi connectivity index (χ2v) is 5.13. The van der Waals surface area contributed by atoms with Gasteiger partial charge in [-0.15, -0.1) is 11.3 Å². The Morgan fingerprint density at radius 1 is 1.59 bits per heavy atom. The van der Waals surface area contributed by atoms with Gasteiger partial charge in [0.15, 0.2) is 5.13 Å². The molecule has 1 aromatic heterocycles. The summed E-state index contributed by atoms with van der Waals surface area (Å²) in [6, 6.07) is 0. The van der Waals surface area contributed by atoms with Crippen LogP contribution in [0.2, 0.25) is 0 Å². The number of anilines is 1. The minimum absolute atomic E-state index is 0.176. The Kier molecular flexibility index (Phi) is 4.33. The minimum atomic E-state index is 0.176. The quantitative estimate of drug-likeness (QED) is 0.726. The van der Waals surface area contributed by atoms with Crippen LogP contribution in [0.4, 0.5) is 5.13 Å². The predicted molar refractivity (Wildman–Crippen MR) is 68.8 cm³/mol. The van der Waals surface area contributed by atoms with Gasteiger partial charge in [-0.05, 0) is 25.9 Å². The fourth-order valence-corrected chi connectivity index (χ4v) is 2.58. The van der Waals surface area contributed by atoms with Crippen molar-refractivity contribution >= 4 is 22.4 Å². The largest absolute Gasteiger partial charge is 0.375 e. The van der Waals surface area contributed by atoms with Gasteiger partial charge in [-0.25, -0.2) is 4.98 Å². The van der Waals surface area contributed by atoms with Crippen molar-refractivity contribution in [3.63, 3.8) is 0 Å². The molecular formula is C11H18N4OS. The van der Waals surface area contributed by atoms with Crippen molar-refractivity contribution in [3.8, 4) is 0 Å². The number of aromatic nitrogens is 1. The SMILES string of the molecule is Nc1nc(CCNC(=O)C2CCNCC2)cs1. The molecule has 0 spiro atoms. The average molecular weight is 254 g/mol. The third-order valence-electron chi connectivity index (χ3n) is 2.96. The molecule has 1 fully saturated rings. The molecular weight excluding hydrogens is 236 g/mol. The lowest BCUT2D eigenvalue weighted by Crippen LogP contribution is -2.38. The van der Waals surface area contributed by atoms with Crippen molar-refractivity contribution in [1.29, 1.82) is 0 Å². The summed E-state index contributed by atoms with van der Waals surface area (Å²) in [5, 5.41) is 8.74. The number of thiazole rings is 1. The number of rotatable bonds is 4.